The van der Waals surface area contributed by atoms with E-state index in [4.69, 9.17) is 5.73 Å². The Morgan fingerprint density at radius 2 is 2.07 bits per heavy atom. The van der Waals surface area contributed by atoms with E-state index in [1.54, 1.807) is 0 Å². The summed E-state index contributed by atoms with van der Waals surface area (Å²) in [6.45, 7) is 8.14. The summed E-state index contributed by atoms with van der Waals surface area (Å²) in [6.07, 6.45) is 7.71. The Kier molecular flexibility index (Phi) is 5.62. The highest BCUT2D eigenvalue weighted by atomic mass is 15.2. The lowest BCUT2D eigenvalue weighted by molar-refractivity contribution is 0.129. The predicted octanol–water partition coefficient (Wildman–Crippen LogP) is 2.77. The van der Waals surface area contributed by atoms with Crippen LogP contribution in [-0.2, 0) is 0 Å². The van der Waals surface area contributed by atoms with E-state index in [0.717, 1.165) is 0 Å². The first-order valence-electron chi connectivity index (χ1n) is 6.72. The van der Waals surface area contributed by atoms with Crippen LogP contribution in [0.3, 0.4) is 0 Å². The van der Waals surface area contributed by atoms with Crippen LogP contribution in [0.25, 0.3) is 0 Å². The third-order valence-corrected chi connectivity index (χ3v) is 3.88. The Balaban J connectivity index is 2.53. The highest BCUT2D eigenvalue weighted by Crippen LogP contribution is 2.25. The monoisotopic (exact) mass is 212 g/mol. The molecule has 0 saturated heterocycles. The molecule has 1 fully saturated rings. The molecule has 0 aromatic heterocycles. The Hall–Kier alpha value is -0.0800. The van der Waals surface area contributed by atoms with Crippen molar-refractivity contribution in [2.24, 2.45) is 5.73 Å². The summed E-state index contributed by atoms with van der Waals surface area (Å²) in [4.78, 5) is 2.67. The normalized spacial score (nSPS) is 28.6. The summed E-state index contributed by atoms with van der Waals surface area (Å²) in [5.41, 5.74) is 6.20. The lowest BCUT2D eigenvalue weighted by Gasteiger charge is -2.36. The van der Waals surface area contributed by atoms with E-state index >= 15 is 0 Å². The fourth-order valence-corrected chi connectivity index (χ4v) is 2.67. The van der Waals surface area contributed by atoms with E-state index < -0.39 is 0 Å². The van der Waals surface area contributed by atoms with Crippen molar-refractivity contribution in [3.8, 4) is 0 Å². The molecule has 3 atom stereocenters. The Morgan fingerprint density at radius 1 is 1.33 bits per heavy atom. The SMILES string of the molecule is CCCCN(C(C)CC)C1CCCC1N. The zero-order valence-corrected chi connectivity index (χ0v) is 10.7. The van der Waals surface area contributed by atoms with Crippen molar-refractivity contribution in [3.05, 3.63) is 0 Å². The minimum absolute atomic E-state index is 0.427. The van der Waals surface area contributed by atoms with Crippen LogP contribution in [0.15, 0.2) is 0 Å². The van der Waals surface area contributed by atoms with Crippen molar-refractivity contribution in [3.63, 3.8) is 0 Å². The molecule has 2 N–H and O–H groups in total. The number of nitrogens with two attached hydrogens (primary N) is 1. The number of unbranched alkanes of at least 4 members (excludes halogenated alkanes) is 1. The van der Waals surface area contributed by atoms with Gasteiger partial charge in [-0.15, -0.1) is 0 Å². The topological polar surface area (TPSA) is 29.3 Å². The van der Waals surface area contributed by atoms with Crippen LogP contribution >= 0.6 is 0 Å². The molecule has 0 radical (unpaired) electrons. The number of nitrogens with zero attached hydrogens (tertiary/aromatic N) is 1. The fraction of sp³-hybridized carbons (Fsp3) is 1.00. The molecule has 1 aliphatic carbocycles. The van der Waals surface area contributed by atoms with E-state index in [1.807, 2.05) is 0 Å². The molecular weight excluding hydrogens is 184 g/mol. The molecule has 1 aliphatic rings. The maximum Gasteiger partial charge on any atom is 0.0250 e. The minimum atomic E-state index is 0.427. The lowest BCUT2D eigenvalue weighted by atomic mass is 10.1. The predicted molar refractivity (Wildman–Crippen MR) is 67.0 cm³/mol. The molecule has 3 unspecified atom stereocenters. The molecule has 2 nitrogen and oxygen atoms in total. The number of hydrogen-bond donors (Lipinski definition) is 1. The van der Waals surface area contributed by atoms with Gasteiger partial charge in [-0.05, 0) is 39.2 Å². The quantitative estimate of drug-likeness (QED) is 0.733. The molecular formula is C13H28N2. The number of rotatable bonds is 6. The summed E-state index contributed by atoms with van der Waals surface area (Å²) in [5.74, 6) is 0. The molecule has 0 aromatic rings. The van der Waals surface area contributed by atoms with E-state index in [0.29, 0.717) is 18.1 Å². The Bertz CT molecular complexity index is 170. The third kappa shape index (κ3) is 3.46. The molecule has 15 heavy (non-hydrogen) atoms. The minimum Gasteiger partial charge on any atom is -0.326 e. The second-order valence-electron chi connectivity index (χ2n) is 5.01. The van der Waals surface area contributed by atoms with Crippen LogP contribution in [-0.4, -0.2) is 29.6 Å². The Labute approximate surface area is 95.2 Å². The van der Waals surface area contributed by atoms with Crippen molar-refractivity contribution < 1.29 is 0 Å². The van der Waals surface area contributed by atoms with Gasteiger partial charge in [0.1, 0.15) is 0 Å². The van der Waals surface area contributed by atoms with Gasteiger partial charge in [0.25, 0.3) is 0 Å². The van der Waals surface area contributed by atoms with Gasteiger partial charge in [-0.25, -0.2) is 0 Å². The Morgan fingerprint density at radius 3 is 2.53 bits per heavy atom. The van der Waals surface area contributed by atoms with Crippen LogP contribution in [0.5, 0.6) is 0 Å². The van der Waals surface area contributed by atoms with Crippen LogP contribution in [0.4, 0.5) is 0 Å². The van der Waals surface area contributed by atoms with E-state index in [9.17, 15) is 0 Å². The highest BCUT2D eigenvalue weighted by molar-refractivity contribution is 4.89. The van der Waals surface area contributed by atoms with Crippen LogP contribution in [0.2, 0.25) is 0 Å². The number of hydrogen-bond acceptors (Lipinski definition) is 2. The van der Waals surface area contributed by atoms with Crippen molar-refractivity contribution in [2.75, 3.05) is 6.54 Å². The van der Waals surface area contributed by atoms with Gasteiger partial charge in [0.15, 0.2) is 0 Å². The molecule has 0 aromatic carbocycles. The van der Waals surface area contributed by atoms with E-state index in [-0.39, 0.29) is 0 Å². The summed E-state index contributed by atoms with van der Waals surface area (Å²) in [6, 6.07) is 1.79. The molecule has 90 valence electrons. The molecule has 1 rings (SSSR count). The molecule has 2 heteroatoms. The van der Waals surface area contributed by atoms with Gasteiger partial charge in [-0.1, -0.05) is 26.7 Å². The molecule has 0 heterocycles. The van der Waals surface area contributed by atoms with Crippen molar-refractivity contribution in [1.82, 2.24) is 4.90 Å². The van der Waals surface area contributed by atoms with Gasteiger partial charge in [0, 0.05) is 18.1 Å². The van der Waals surface area contributed by atoms with Gasteiger partial charge < -0.3 is 5.73 Å². The summed E-state index contributed by atoms with van der Waals surface area (Å²) in [5, 5.41) is 0. The molecule has 0 amide bonds. The standard InChI is InChI=1S/C13H28N2/c1-4-6-10-15(11(3)5-2)13-9-7-8-12(13)14/h11-13H,4-10,14H2,1-3H3. The fourth-order valence-electron chi connectivity index (χ4n) is 2.67. The first-order valence-corrected chi connectivity index (χ1v) is 6.72. The molecule has 0 bridgehead atoms. The van der Waals surface area contributed by atoms with Crippen LogP contribution in [0, 0.1) is 0 Å². The molecule has 0 aliphatic heterocycles. The average molecular weight is 212 g/mol. The maximum atomic E-state index is 6.20. The van der Waals surface area contributed by atoms with Gasteiger partial charge >= 0.3 is 0 Å². The summed E-state index contributed by atoms with van der Waals surface area (Å²) < 4.78 is 0. The summed E-state index contributed by atoms with van der Waals surface area (Å²) >= 11 is 0. The van der Waals surface area contributed by atoms with Crippen molar-refractivity contribution in [2.45, 2.75) is 77.4 Å². The zero-order chi connectivity index (χ0) is 11.3. The smallest absolute Gasteiger partial charge is 0.0250 e. The molecule has 0 spiro atoms. The lowest BCUT2D eigenvalue weighted by Crippen LogP contribution is -2.48. The first-order chi connectivity index (χ1) is 7.20. The van der Waals surface area contributed by atoms with Crippen molar-refractivity contribution in [1.29, 1.82) is 0 Å². The van der Waals surface area contributed by atoms with Crippen LogP contribution < -0.4 is 5.73 Å². The highest BCUT2D eigenvalue weighted by Gasteiger charge is 2.31. The first kappa shape index (κ1) is 13.0. The van der Waals surface area contributed by atoms with Crippen molar-refractivity contribution >= 4 is 0 Å². The largest absolute Gasteiger partial charge is 0.326 e. The molecule has 1 saturated carbocycles. The average Bonchev–Trinajstić information content (AvgIpc) is 2.65. The third-order valence-electron chi connectivity index (χ3n) is 3.88. The second kappa shape index (κ2) is 6.49. The summed E-state index contributed by atoms with van der Waals surface area (Å²) in [7, 11) is 0. The van der Waals surface area contributed by atoms with Gasteiger partial charge in [-0.3, -0.25) is 4.90 Å². The van der Waals surface area contributed by atoms with E-state index in [1.165, 1.54) is 45.1 Å². The van der Waals surface area contributed by atoms with Gasteiger partial charge in [0.2, 0.25) is 0 Å². The zero-order valence-electron chi connectivity index (χ0n) is 10.7. The van der Waals surface area contributed by atoms with Gasteiger partial charge in [0.05, 0.1) is 0 Å². The van der Waals surface area contributed by atoms with Crippen LogP contribution in [0.1, 0.15) is 59.3 Å². The second-order valence-corrected chi connectivity index (χ2v) is 5.01. The van der Waals surface area contributed by atoms with E-state index in [2.05, 4.69) is 25.7 Å². The van der Waals surface area contributed by atoms with Gasteiger partial charge in [-0.2, -0.15) is 0 Å². The maximum absolute atomic E-state index is 6.20.